The third-order valence-corrected chi connectivity index (χ3v) is 3.97. The van der Waals surface area contributed by atoms with Crippen LogP contribution in [0.1, 0.15) is 0 Å². The van der Waals surface area contributed by atoms with Crippen LogP contribution in [-0.4, -0.2) is 31.7 Å². The molecular weight excluding hydrogens is 256 g/mol. The molecule has 0 spiro atoms. The van der Waals surface area contributed by atoms with E-state index in [1.165, 1.54) is 20.2 Å². The van der Waals surface area contributed by atoms with Gasteiger partial charge in [0.05, 0.1) is 4.92 Å². The lowest BCUT2D eigenvalue weighted by Gasteiger charge is -2.11. The molecule has 0 aliphatic carbocycles. The quantitative estimate of drug-likeness (QED) is 0.612. The summed E-state index contributed by atoms with van der Waals surface area (Å²) in [5.74, 6) is 0. The predicted octanol–water partition coefficient (Wildman–Crippen LogP) is 1.50. The second kappa shape index (κ2) is 4.36. The van der Waals surface area contributed by atoms with Crippen molar-refractivity contribution in [3.05, 3.63) is 33.3 Å². The van der Waals surface area contributed by atoms with E-state index in [0.29, 0.717) is 0 Å². The highest BCUT2D eigenvalue weighted by Gasteiger charge is 2.27. The number of halogens is 1. The van der Waals surface area contributed by atoms with Crippen molar-refractivity contribution >= 4 is 27.3 Å². The number of hydrogen-bond acceptors (Lipinski definition) is 4. The van der Waals surface area contributed by atoms with Gasteiger partial charge in [-0.3, -0.25) is 10.1 Å². The van der Waals surface area contributed by atoms with E-state index in [1.807, 2.05) is 0 Å². The summed E-state index contributed by atoms with van der Waals surface area (Å²) in [4.78, 5) is 9.56. The maximum Gasteiger partial charge on any atom is 0.290 e. The second-order valence-electron chi connectivity index (χ2n) is 3.16. The van der Waals surface area contributed by atoms with Crippen molar-refractivity contribution in [1.29, 1.82) is 0 Å². The van der Waals surface area contributed by atoms with E-state index in [9.17, 15) is 18.5 Å². The molecule has 0 saturated carbocycles. The Kier molecular flexibility index (Phi) is 3.51. The first-order valence-electron chi connectivity index (χ1n) is 4.13. The summed E-state index contributed by atoms with van der Waals surface area (Å²) in [6, 6.07) is 3.43. The molecule has 0 aliphatic rings. The highest BCUT2D eigenvalue weighted by molar-refractivity contribution is 7.89. The van der Waals surface area contributed by atoms with Gasteiger partial charge in [0.2, 0.25) is 10.0 Å². The summed E-state index contributed by atoms with van der Waals surface area (Å²) < 4.78 is 24.4. The molecule has 0 atom stereocenters. The van der Waals surface area contributed by atoms with Gasteiger partial charge in [-0.15, -0.1) is 0 Å². The van der Waals surface area contributed by atoms with Crippen molar-refractivity contribution < 1.29 is 13.3 Å². The molecule has 0 N–H and O–H groups in total. The molecule has 1 aromatic carbocycles. The summed E-state index contributed by atoms with van der Waals surface area (Å²) in [6.07, 6.45) is 0. The minimum absolute atomic E-state index is 0.115. The predicted molar refractivity (Wildman–Crippen MR) is 59.0 cm³/mol. The molecule has 0 heterocycles. The molecule has 1 rings (SSSR count). The van der Waals surface area contributed by atoms with Crippen molar-refractivity contribution in [2.75, 3.05) is 14.1 Å². The average molecular weight is 265 g/mol. The van der Waals surface area contributed by atoms with Crippen molar-refractivity contribution in [3.63, 3.8) is 0 Å². The van der Waals surface area contributed by atoms with E-state index in [0.717, 1.165) is 16.4 Å². The van der Waals surface area contributed by atoms with Crippen LogP contribution in [0, 0.1) is 10.1 Å². The summed E-state index contributed by atoms with van der Waals surface area (Å²) in [5.41, 5.74) is -0.527. The van der Waals surface area contributed by atoms with Gasteiger partial charge in [0.25, 0.3) is 5.69 Å². The largest absolute Gasteiger partial charge is 0.290 e. The third kappa shape index (κ3) is 2.31. The Balaban J connectivity index is 3.52. The van der Waals surface area contributed by atoms with Gasteiger partial charge >= 0.3 is 0 Å². The van der Waals surface area contributed by atoms with Crippen molar-refractivity contribution in [3.8, 4) is 0 Å². The Labute approximate surface area is 97.6 Å². The topological polar surface area (TPSA) is 80.5 Å². The first-order chi connectivity index (χ1) is 7.26. The fourth-order valence-corrected chi connectivity index (χ4v) is 2.25. The van der Waals surface area contributed by atoms with Gasteiger partial charge in [0.1, 0.15) is 0 Å². The van der Waals surface area contributed by atoms with Gasteiger partial charge in [0.15, 0.2) is 4.90 Å². The molecule has 0 amide bonds. The maximum absolute atomic E-state index is 11.7. The van der Waals surface area contributed by atoms with Gasteiger partial charge in [-0.25, -0.2) is 12.7 Å². The van der Waals surface area contributed by atoms with Crippen LogP contribution in [0.15, 0.2) is 23.1 Å². The lowest BCUT2D eigenvalue weighted by molar-refractivity contribution is -0.387. The molecule has 0 saturated heterocycles. The fourth-order valence-electron chi connectivity index (χ4n) is 1.05. The molecule has 0 bridgehead atoms. The van der Waals surface area contributed by atoms with E-state index in [1.54, 1.807) is 0 Å². The van der Waals surface area contributed by atoms with Crippen LogP contribution in [0.3, 0.4) is 0 Å². The highest BCUT2D eigenvalue weighted by Crippen LogP contribution is 2.28. The van der Waals surface area contributed by atoms with Crippen LogP contribution in [0.5, 0.6) is 0 Å². The normalized spacial score (nSPS) is 11.8. The molecule has 0 fully saturated rings. The molecule has 1 aromatic rings. The zero-order chi connectivity index (χ0) is 12.5. The van der Waals surface area contributed by atoms with E-state index in [-0.39, 0.29) is 9.92 Å². The summed E-state index contributed by atoms with van der Waals surface area (Å²) in [5, 5.41) is 10.8. The average Bonchev–Trinajstić information content (AvgIpc) is 2.16. The first kappa shape index (κ1) is 12.9. The fraction of sp³-hybridized carbons (Fsp3) is 0.250. The van der Waals surface area contributed by atoms with Crippen molar-refractivity contribution in [1.82, 2.24) is 4.31 Å². The number of nitro benzene ring substituents is 1. The van der Waals surface area contributed by atoms with Crippen LogP contribution < -0.4 is 0 Å². The Morgan fingerprint density at radius 1 is 1.38 bits per heavy atom. The summed E-state index contributed by atoms with van der Waals surface area (Å²) >= 11 is 5.58. The van der Waals surface area contributed by atoms with E-state index in [4.69, 9.17) is 11.6 Å². The van der Waals surface area contributed by atoms with Crippen LogP contribution in [0.25, 0.3) is 0 Å². The molecule has 0 unspecified atom stereocenters. The number of sulfonamides is 1. The van der Waals surface area contributed by atoms with Gasteiger partial charge in [-0.1, -0.05) is 11.6 Å². The van der Waals surface area contributed by atoms with Crippen molar-refractivity contribution in [2.45, 2.75) is 4.90 Å². The van der Waals surface area contributed by atoms with Gasteiger partial charge in [0, 0.05) is 25.2 Å². The Hall–Kier alpha value is -1.18. The standard InChI is InChI=1S/C8H9ClN2O4S/c1-10(2)16(14,15)8-4-3-6(9)5-7(8)11(12)13/h3-5H,1-2H3. The van der Waals surface area contributed by atoms with Crippen LogP contribution >= 0.6 is 11.6 Å². The Morgan fingerprint density at radius 3 is 2.38 bits per heavy atom. The van der Waals surface area contributed by atoms with E-state index >= 15 is 0 Å². The number of benzene rings is 1. The summed E-state index contributed by atoms with van der Waals surface area (Å²) in [6.45, 7) is 0. The minimum atomic E-state index is -3.84. The van der Waals surface area contributed by atoms with Gasteiger partial charge in [-0.05, 0) is 12.1 Å². The minimum Gasteiger partial charge on any atom is -0.258 e. The SMILES string of the molecule is CN(C)S(=O)(=O)c1ccc(Cl)cc1[N+](=O)[O-]. The van der Waals surface area contributed by atoms with E-state index in [2.05, 4.69) is 0 Å². The zero-order valence-electron chi connectivity index (χ0n) is 8.55. The maximum atomic E-state index is 11.7. The Bertz CT molecular complexity index is 527. The molecule has 6 nitrogen and oxygen atoms in total. The molecule has 0 radical (unpaired) electrons. The van der Waals surface area contributed by atoms with Crippen LogP contribution in [0.4, 0.5) is 5.69 Å². The lowest BCUT2D eigenvalue weighted by Crippen LogP contribution is -2.23. The number of hydrogen-bond donors (Lipinski definition) is 0. The first-order valence-corrected chi connectivity index (χ1v) is 5.95. The highest BCUT2D eigenvalue weighted by atomic mass is 35.5. The van der Waals surface area contributed by atoms with Crippen LogP contribution in [-0.2, 0) is 10.0 Å². The third-order valence-electron chi connectivity index (χ3n) is 1.88. The molecule has 88 valence electrons. The number of nitrogens with zero attached hydrogens (tertiary/aromatic N) is 2. The number of rotatable bonds is 3. The van der Waals surface area contributed by atoms with E-state index < -0.39 is 20.6 Å². The second-order valence-corrected chi connectivity index (χ2v) is 5.71. The lowest BCUT2D eigenvalue weighted by atomic mass is 10.3. The number of nitro groups is 1. The monoisotopic (exact) mass is 264 g/mol. The molecular formula is C8H9ClN2O4S. The smallest absolute Gasteiger partial charge is 0.258 e. The zero-order valence-corrected chi connectivity index (χ0v) is 10.1. The summed E-state index contributed by atoms with van der Waals surface area (Å²) in [7, 11) is -1.24. The van der Waals surface area contributed by atoms with Gasteiger partial charge in [-0.2, -0.15) is 0 Å². The molecule has 16 heavy (non-hydrogen) atoms. The Morgan fingerprint density at radius 2 is 1.94 bits per heavy atom. The van der Waals surface area contributed by atoms with Crippen LogP contribution in [0.2, 0.25) is 5.02 Å². The molecule has 0 aromatic heterocycles. The molecule has 8 heteroatoms. The van der Waals surface area contributed by atoms with Crippen molar-refractivity contribution in [2.24, 2.45) is 0 Å². The molecule has 0 aliphatic heterocycles. The van der Waals surface area contributed by atoms with Gasteiger partial charge < -0.3 is 0 Å².